The van der Waals surface area contributed by atoms with E-state index in [0.29, 0.717) is 17.2 Å². The predicted molar refractivity (Wildman–Crippen MR) is 85.9 cm³/mol. The summed E-state index contributed by atoms with van der Waals surface area (Å²) in [5.41, 5.74) is 0.840. The lowest BCUT2D eigenvalue weighted by Crippen LogP contribution is -2.07. The number of nitro benzene ring substituents is 1. The molecule has 6 nitrogen and oxygen atoms in total. The minimum atomic E-state index is -0.356. The van der Waals surface area contributed by atoms with Gasteiger partial charge in [-0.05, 0) is 5.92 Å². The van der Waals surface area contributed by atoms with E-state index in [4.69, 9.17) is 0 Å². The summed E-state index contributed by atoms with van der Waals surface area (Å²) < 4.78 is 0.805. The Morgan fingerprint density at radius 1 is 1.38 bits per heavy atom. The standard InChI is InChI=1S/C13H16N4O2S2/c1-9(2)7-14-12-15-16-13(21-12)20-8-10-5-3-4-6-11(10)17(18)19/h3-6,9H,7-8H2,1-2H3,(H,14,15). The summed E-state index contributed by atoms with van der Waals surface area (Å²) in [6.07, 6.45) is 0. The zero-order valence-corrected chi connectivity index (χ0v) is 13.4. The van der Waals surface area contributed by atoms with Crippen molar-refractivity contribution in [2.75, 3.05) is 11.9 Å². The first kappa shape index (κ1) is 15.7. The maximum absolute atomic E-state index is 10.9. The fraction of sp³-hybridized carbons (Fsp3) is 0.385. The minimum Gasteiger partial charge on any atom is -0.360 e. The van der Waals surface area contributed by atoms with Crippen molar-refractivity contribution in [3.05, 3.63) is 39.9 Å². The molecule has 8 heteroatoms. The van der Waals surface area contributed by atoms with Crippen LogP contribution < -0.4 is 5.32 Å². The van der Waals surface area contributed by atoms with Crippen LogP contribution in [0.5, 0.6) is 0 Å². The predicted octanol–water partition coefficient (Wildman–Crippen LogP) is 3.81. The second-order valence-electron chi connectivity index (χ2n) is 4.82. The molecule has 0 radical (unpaired) electrons. The van der Waals surface area contributed by atoms with E-state index in [2.05, 4.69) is 29.4 Å². The number of anilines is 1. The molecule has 2 rings (SSSR count). The van der Waals surface area contributed by atoms with Crippen LogP contribution in [0.25, 0.3) is 0 Å². The average molecular weight is 324 g/mol. The van der Waals surface area contributed by atoms with Crippen molar-refractivity contribution in [1.82, 2.24) is 10.2 Å². The Labute approximate surface area is 131 Å². The first-order chi connectivity index (χ1) is 10.1. The highest BCUT2D eigenvalue weighted by atomic mass is 32.2. The molecule has 0 aliphatic heterocycles. The average Bonchev–Trinajstić information content (AvgIpc) is 2.91. The van der Waals surface area contributed by atoms with E-state index in [0.717, 1.165) is 16.0 Å². The van der Waals surface area contributed by atoms with Crippen LogP contribution in [0.1, 0.15) is 19.4 Å². The van der Waals surface area contributed by atoms with Crippen LogP contribution in [0, 0.1) is 16.0 Å². The normalized spacial score (nSPS) is 10.8. The van der Waals surface area contributed by atoms with E-state index in [1.807, 2.05) is 0 Å². The number of hydrogen-bond acceptors (Lipinski definition) is 7. The first-order valence-electron chi connectivity index (χ1n) is 6.48. The third kappa shape index (κ3) is 4.68. The lowest BCUT2D eigenvalue weighted by Gasteiger charge is -2.03. The molecule has 0 fully saturated rings. The second kappa shape index (κ2) is 7.37. The van der Waals surface area contributed by atoms with Crippen molar-refractivity contribution in [2.24, 2.45) is 5.92 Å². The van der Waals surface area contributed by atoms with E-state index < -0.39 is 0 Å². The minimum absolute atomic E-state index is 0.146. The van der Waals surface area contributed by atoms with Crippen molar-refractivity contribution in [1.29, 1.82) is 0 Å². The summed E-state index contributed by atoms with van der Waals surface area (Å²) in [7, 11) is 0. The molecule has 0 amide bonds. The second-order valence-corrected chi connectivity index (χ2v) is 7.02. The van der Waals surface area contributed by atoms with Crippen LogP contribution in [-0.2, 0) is 5.75 Å². The van der Waals surface area contributed by atoms with Gasteiger partial charge in [-0.15, -0.1) is 10.2 Å². The largest absolute Gasteiger partial charge is 0.360 e. The molecule has 1 heterocycles. The number of hydrogen-bond donors (Lipinski definition) is 1. The molecule has 1 aromatic carbocycles. The van der Waals surface area contributed by atoms with Gasteiger partial charge in [0.2, 0.25) is 5.13 Å². The number of aromatic nitrogens is 2. The van der Waals surface area contributed by atoms with Gasteiger partial charge in [-0.1, -0.05) is 55.1 Å². The smallest absolute Gasteiger partial charge is 0.273 e. The summed E-state index contributed by atoms with van der Waals surface area (Å²) >= 11 is 2.93. The number of nitro groups is 1. The SMILES string of the molecule is CC(C)CNc1nnc(SCc2ccccc2[N+](=O)[O-])s1. The molecule has 0 saturated heterocycles. The van der Waals surface area contributed by atoms with Crippen LogP contribution in [0.15, 0.2) is 28.6 Å². The highest BCUT2D eigenvalue weighted by Crippen LogP contribution is 2.31. The summed E-state index contributed by atoms with van der Waals surface area (Å²) in [5, 5.41) is 23.1. The molecule has 2 aromatic rings. The van der Waals surface area contributed by atoms with Gasteiger partial charge < -0.3 is 5.32 Å². The molecule has 0 atom stereocenters. The monoisotopic (exact) mass is 324 g/mol. The molecule has 0 aliphatic rings. The summed E-state index contributed by atoms with van der Waals surface area (Å²) in [5.74, 6) is 1.05. The maximum atomic E-state index is 10.9. The molecule has 0 unspecified atom stereocenters. The van der Waals surface area contributed by atoms with Gasteiger partial charge in [-0.3, -0.25) is 10.1 Å². The number of para-hydroxylation sites is 1. The van der Waals surface area contributed by atoms with Gasteiger partial charge in [0.15, 0.2) is 4.34 Å². The van der Waals surface area contributed by atoms with Crippen molar-refractivity contribution in [2.45, 2.75) is 23.9 Å². The van der Waals surface area contributed by atoms with Crippen molar-refractivity contribution in [3.8, 4) is 0 Å². The number of benzene rings is 1. The van der Waals surface area contributed by atoms with E-state index in [9.17, 15) is 10.1 Å². The number of thioether (sulfide) groups is 1. The Hall–Kier alpha value is -1.67. The Balaban J connectivity index is 1.96. The lowest BCUT2D eigenvalue weighted by molar-refractivity contribution is -0.385. The van der Waals surface area contributed by atoms with Crippen LogP contribution >= 0.6 is 23.1 Å². The summed E-state index contributed by atoms with van der Waals surface area (Å²) in [6.45, 7) is 5.10. The van der Waals surface area contributed by atoms with Crippen molar-refractivity contribution < 1.29 is 4.92 Å². The third-order valence-electron chi connectivity index (χ3n) is 2.61. The van der Waals surface area contributed by atoms with Crippen LogP contribution in [-0.4, -0.2) is 21.7 Å². The highest BCUT2D eigenvalue weighted by molar-refractivity contribution is 8.00. The Morgan fingerprint density at radius 3 is 2.86 bits per heavy atom. The zero-order chi connectivity index (χ0) is 15.2. The fourth-order valence-corrected chi connectivity index (χ4v) is 3.34. The highest BCUT2D eigenvalue weighted by Gasteiger charge is 2.13. The number of nitrogens with one attached hydrogen (secondary N) is 1. The molecule has 1 aromatic heterocycles. The van der Waals surface area contributed by atoms with Gasteiger partial charge in [-0.25, -0.2) is 0 Å². The molecule has 0 spiro atoms. The van der Waals surface area contributed by atoms with Crippen LogP contribution in [0.3, 0.4) is 0 Å². The van der Waals surface area contributed by atoms with Gasteiger partial charge in [0.05, 0.1) is 4.92 Å². The van der Waals surface area contributed by atoms with Crippen molar-refractivity contribution >= 4 is 33.9 Å². The molecule has 0 aliphatic carbocycles. The quantitative estimate of drug-likeness (QED) is 0.474. The molecule has 0 bridgehead atoms. The van der Waals surface area contributed by atoms with Crippen LogP contribution in [0.2, 0.25) is 0 Å². The van der Waals surface area contributed by atoms with Crippen molar-refractivity contribution in [3.63, 3.8) is 0 Å². The number of nitrogens with zero attached hydrogens (tertiary/aromatic N) is 3. The molecule has 1 N–H and O–H groups in total. The van der Waals surface area contributed by atoms with Gasteiger partial charge >= 0.3 is 0 Å². The molecule has 112 valence electrons. The summed E-state index contributed by atoms with van der Waals surface area (Å²) in [4.78, 5) is 10.6. The summed E-state index contributed by atoms with van der Waals surface area (Å²) in [6, 6.07) is 6.76. The topological polar surface area (TPSA) is 81.0 Å². The zero-order valence-electron chi connectivity index (χ0n) is 11.8. The third-order valence-corrected chi connectivity index (χ3v) is 4.67. The lowest BCUT2D eigenvalue weighted by atomic mass is 10.2. The first-order valence-corrected chi connectivity index (χ1v) is 8.29. The van der Waals surface area contributed by atoms with E-state index in [-0.39, 0.29) is 10.6 Å². The van der Waals surface area contributed by atoms with Gasteiger partial charge in [0.25, 0.3) is 5.69 Å². The van der Waals surface area contributed by atoms with E-state index >= 15 is 0 Å². The Kier molecular flexibility index (Phi) is 5.51. The van der Waals surface area contributed by atoms with Crippen LogP contribution in [0.4, 0.5) is 10.8 Å². The van der Waals surface area contributed by atoms with Gasteiger partial charge in [0.1, 0.15) is 0 Å². The van der Waals surface area contributed by atoms with E-state index in [1.54, 1.807) is 18.2 Å². The van der Waals surface area contributed by atoms with Gasteiger partial charge in [0, 0.05) is 23.9 Å². The molecule has 21 heavy (non-hydrogen) atoms. The molecular weight excluding hydrogens is 308 g/mol. The van der Waals surface area contributed by atoms with E-state index in [1.165, 1.54) is 29.2 Å². The molecular formula is C13H16N4O2S2. The Bertz CT molecular complexity index is 616. The molecule has 0 saturated carbocycles. The number of rotatable bonds is 7. The Morgan fingerprint density at radius 2 is 2.14 bits per heavy atom. The maximum Gasteiger partial charge on any atom is 0.273 e. The fourth-order valence-electron chi connectivity index (χ4n) is 1.58. The van der Waals surface area contributed by atoms with Gasteiger partial charge in [-0.2, -0.15) is 0 Å².